The molecule has 0 aromatic heterocycles. The van der Waals surface area contributed by atoms with E-state index in [-0.39, 0.29) is 10.9 Å². The molecule has 1 heterocycles. The maximum atomic E-state index is 13.2. The van der Waals surface area contributed by atoms with E-state index in [1.807, 2.05) is 43.3 Å². The Kier molecular flexibility index (Phi) is 7.16. The van der Waals surface area contributed by atoms with Crippen molar-refractivity contribution in [2.75, 3.05) is 32.8 Å². The first-order valence-electron chi connectivity index (χ1n) is 10.8. The molecule has 32 heavy (non-hydrogen) atoms. The molecule has 0 bridgehead atoms. The lowest BCUT2D eigenvalue weighted by Crippen LogP contribution is -2.49. The largest absolute Gasteiger partial charge is 0.492 e. The molecule has 1 aliphatic heterocycles. The van der Waals surface area contributed by atoms with Crippen LogP contribution in [0, 0.1) is 0 Å². The van der Waals surface area contributed by atoms with Gasteiger partial charge in [-0.05, 0) is 36.2 Å². The molecule has 0 N–H and O–H groups in total. The lowest BCUT2D eigenvalue weighted by atomic mass is 9.96. The van der Waals surface area contributed by atoms with Gasteiger partial charge in [0.15, 0.2) is 0 Å². The molecule has 1 saturated heterocycles. The highest BCUT2D eigenvalue weighted by Gasteiger charge is 2.32. The van der Waals surface area contributed by atoms with E-state index in [0.717, 1.165) is 0 Å². The molecule has 0 atom stereocenters. The fourth-order valence-electron chi connectivity index (χ4n) is 4.15. The third-order valence-corrected chi connectivity index (χ3v) is 7.90. The van der Waals surface area contributed by atoms with Crippen molar-refractivity contribution in [1.82, 2.24) is 9.21 Å². The second kappa shape index (κ2) is 10.0. The van der Waals surface area contributed by atoms with Crippen LogP contribution in [0.5, 0.6) is 5.75 Å². The summed E-state index contributed by atoms with van der Waals surface area (Å²) in [4.78, 5) is 2.55. The Morgan fingerprint density at radius 1 is 0.875 bits per heavy atom. The average Bonchev–Trinajstić information content (AvgIpc) is 2.82. The topological polar surface area (TPSA) is 49.9 Å². The predicted molar refractivity (Wildman–Crippen MR) is 128 cm³/mol. The van der Waals surface area contributed by atoms with Gasteiger partial charge in [-0.3, -0.25) is 4.90 Å². The molecule has 3 aromatic rings. The lowest BCUT2D eigenvalue weighted by Gasteiger charge is -2.39. The number of rotatable bonds is 7. The van der Waals surface area contributed by atoms with Crippen LogP contribution in [0.25, 0.3) is 0 Å². The summed E-state index contributed by atoms with van der Waals surface area (Å²) in [5.74, 6) is 0.492. The molecule has 3 aromatic carbocycles. The Morgan fingerprint density at radius 2 is 1.44 bits per heavy atom. The van der Waals surface area contributed by atoms with Gasteiger partial charge in [0.25, 0.3) is 0 Å². The van der Waals surface area contributed by atoms with Crippen molar-refractivity contribution in [3.05, 3.63) is 95.0 Å². The second-order valence-corrected chi connectivity index (χ2v) is 10.0. The molecule has 168 valence electrons. The monoisotopic (exact) mass is 470 g/mol. The molecule has 0 radical (unpaired) electrons. The number of halogens is 1. The molecule has 5 nitrogen and oxygen atoms in total. The van der Waals surface area contributed by atoms with Crippen LogP contribution in [-0.2, 0) is 10.0 Å². The molecule has 0 saturated carbocycles. The van der Waals surface area contributed by atoms with Gasteiger partial charge < -0.3 is 4.74 Å². The molecule has 7 heteroatoms. The fourth-order valence-corrected chi connectivity index (χ4v) is 5.90. The summed E-state index contributed by atoms with van der Waals surface area (Å²) >= 11 is 6.24. The van der Waals surface area contributed by atoms with Crippen molar-refractivity contribution in [3.8, 4) is 5.75 Å². The average molecular weight is 471 g/mol. The third kappa shape index (κ3) is 4.84. The Balaban J connectivity index is 1.53. The highest BCUT2D eigenvalue weighted by molar-refractivity contribution is 7.89. The van der Waals surface area contributed by atoms with Gasteiger partial charge in [0.1, 0.15) is 5.75 Å². The van der Waals surface area contributed by atoms with Gasteiger partial charge in [0, 0.05) is 26.2 Å². The van der Waals surface area contributed by atoms with Crippen molar-refractivity contribution in [1.29, 1.82) is 0 Å². The van der Waals surface area contributed by atoms with Crippen LogP contribution in [0.15, 0.2) is 83.8 Å². The van der Waals surface area contributed by atoms with E-state index in [1.165, 1.54) is 17.2 Å². The normalized spacial score (nSPS) is 15.7. The summed E-state index contributed by atoms with van der Waals surface area (Å²) < 4.78 is 33.4. The number of hydrogen-bond donors (Lipinski definition) is 0. The van der Waals surface area contributed by atoms with Gasteiger partial charge >= 0.3 is 0 Å². The van der Waals surface area contributed by atoms with E-state index in [0.29, 0.717) is 43.6 Å². The van der Waals surface area contributed by atoms with E-state index < -0.39 is 10.0 Å². The van der Waals surface area contributed by atoms with Crippen molar-refractivity contribution < 1.29 is 13.2 Å². The number of hydrogen-bond acceptors (Lipinski definition) is 4. The highest BCUT2D eigenvalue weighted by atomic mass is 35.5. The lowest BCUT2D eigenvalue weighted by molar-refractivity contribution is 0.156. The van der Waals surface area contributed by atoms with E-state index in [2.05, 4.69) is 29.2 Å². The summed E-state index contributed by atoms with van der Waals surface area (Å²) in [7, 11) is -3.63. The Hall–Kier alpha value is -2.38. The van der Waals surface area contributed by atoms with Gasteiger partial charge in [-0.25, -0.2) is 8.42 Å². The summed E-state index contributed by atoms with van der Waals surface area (Å²) in [5.41, 5.74) is 2.40. The zero-order valence-corrected chi connectivity index (χ0v) is 19.6. The minimum absolute atomic E-state index is 0.0853. The van der Waals surface area contributed by atoms with Gasteiger partial charge in [-0.1, -0.05) is 72.3 Å². The first kappa shape index (κ1) is 22.8. The smallest absolute Gasteiger partial charge is 0.243 e. The first-order valence-corrected chi connectivity index (χ1v) is 12.6. The number of benzene rings is 3. The highest BCUT2D eigenvalue weighted by Crippen LogP contribution is 2.32. The molecule has 0 spiro atoms. The molecule has 1 fully saturated rings. The van der Waals surface area contributed by atoms with Gasteiger partial charge in [0.2, 0.25) is 10.0 Å². The maximum Gasteiger partial charge on any atom is 0.243 e. The first-order chi connectivity index (χ1) is 15.5. The van der Waals surface area contributed by atoms with E-state index in [9.17, 15) is 8.42 Å². The van der Waals surface area contributed by atoms with Crippen LogP contribution < -0.4 is 4.74 Å². The maximum absolute atomic E-state index is 13.2. The predicted octanol–water partition coefficient (Wildman–Crippen LogP) is 4.83. The Morgan fingerprint density at radius 3 is 1.94 bits per heavy atom. The van der Waals surface area contributed by atoms with Crippen LogP contribution in [0.1, 0.15) is 24.1 Å². The van der Waals surface area contributed by atoms with Crippen LogP contribution >= 0.6 is 11.6 Å². The van der Waals surface area contributed by atoms with Crippen LogP contribution in [-0.4, -0.2) is 50.4 Å². The number of nitrogens with zero attached hydrogens (tertiary/aromatic N) is 2. The molecule has 0 amide bonds. The molecule has 0 unspecified atom stereocenters. The summed E-state index contributed by atoms with van der Waals surface area (Å²) in [6.07, 6.45) is 0. The van der Waals surface area contributed by atoms with Crippen molar-refractivity contribution in [3.63, 3.8) is 0 Å². The molecular weight excluding hydrogens is 444 g/mol. The minimum Gasteiger partial charge on any atom is -0.492 e. The molecule has 4 rings (SSSR count). The fraction of sp³-hybridized carbons (Fsp3) is 0.280. The van der Waals surface area contributed by atoms with Crippen molar-refractivity contribution >= 4 is 21.6 Å². The van der Waals surface area contributed by atoms with Crippen LogP contribution in [0.2, 0.25) is 5.02 Å². The number of piperazine rings is 1. The van der Waals surface area contributed by atoms with E-state index in [4.69, 9.17) is 16.3 Å². The summed E-state index contributed by atoms with van der Waals surface area (Å²) in [5, 5.41) is 0.305. The van der Waals surface area contributed by atoms with E-state index in [1.54, 1.807) is 16.4 Å². The Labute approximate surface area is 195 Å². The number of ether oxygens (including phenoxy) is 1. The zero-order chi connectivity index (χ0) is 22.6. The van der Waals surface area contributed by atoms with Crippen LogP contribution in [0.3, 0.4) is 0 Å². The molecular formula is C25H27ClN2O3S. The molecule has 0 aliphatic carbocycles. The Bertz CT molecular complexity index is 1090. The van der Waals surface area contributed by atoms with Gasteiger partial charge in [0.05, 0.1) is 22.6 Å². The summed E-state index contributed by atoms with van der Waals surface area (Å²) in [6.45, 7) is 4.44. The summed E-state index contributed by atoms with van der Waals surface area (Å²) in [6, 6.07) is 25.5. The SMILES string of the molecule is CCOc1ccc(S(=O)(=O)N2CCN(C(c3ccccc3)c3ccccc3)CC2)cc1Cl. The molecule has 1 aliphatic rings. The standard InChI is InChI=1S/C25H27ClN2O3S/c1-2-31-24-14-13-22(19-23(24)26)32(29,30)28-17-15-27(16-18-28)25(20-9-5-3-6-10-20)21-11-7-4-8-12-21/h3-14,19,25H,2,15-18H2,1H3. The van der Waals surface area contributed by atoms with Crippen molar-refractivity contribution in [2.24, 2.45) is 0 Å². The van der Waals surface area contributed by atoms with Crippen LogP contribution in [0.4, 0.5) is 0 Å². The minimum atomic E-state index is -3.63. The third-order valence-electron chi connectivity index (χ3n) is 5.71. The van der Waals surface area contributed by atoms with E-state index >= 15 is 0 Å². The zero-order valence-electron chi connectivity index (χ0n) is 18.0. The second-order valence-electron chi connectivity index (χ2n) is 7.69. The van der Waals surface area contributed by atoms with Gasteiger partial charge in [-0.15, -0.1) is 0 Å². The number of sulfonamides is 1. The van der Waals surface area contributed by atoms with Gasteiger partial charge in [-0.2, -0.15) is 4.31 Å². The quantitative estimate of drug-likeness (QED) is 0.496. The van der Waals surface area contributed by atoms with Crippen molar-refractivity contribution in [2.45, 2.75) is 17.9 Å².